The average molecular weight is 403 g/mol. The van der Waals surface area contributed by atoms with Gasteiger partial charge in [0, 0.05) is 12.5 Å². The van der Waals surface area contributed by atoms with Gasteiger partial charge in [0.05, 0.1) is 12.2 Å². The molecular weight excluding hydrogens is 386 g/mol. The van der Waals surface area contributed by atoms with E-state index in [4.69, 9.17) is 4.74 Å². The Bertz CT molecular complexity index is 944. The standard InChI is InChI=1S/C18H17N3O4S2/c1-2-25-17(24)19-14(22)11-7-8-27-15(11)20-16(23)18-9-13(21(18)26)10-5-3-4-6-12(10)18/h3-8,13,26H,2,9H2,1H3,(H,20,23)(H,19,22,24)/t13-,18?/m0/s1. The fraction of sp³-hybridized carbons (Fsp3) is 0.278. The summed E-state index contributed by atoms with van der Waals surface area (Å²) in [5, 5.41) is 7.04. The summed E-state index contributed by atoms with van der Waals surface area (Å²) >= 11 is 5.74. The molecule has 3 amide bonds. The van der Waals surface area contributed by atoms with Crippen molar-refractivity contribution in [3.63, 3.8) is 0 Å². The number of carbonyl (C=O) groups excluding carboxylic acids is 3. The molecule has 1 aromatic heterocycles. The molecule has 0 radical (unpaired) electrons. The number of rotatable bonds is 4. The second-order valence-corrected chi connectivity index (χ2v) is 7.65. The monoisotopic (exact) mass is 403 g/mol. The van der Waals surface area contributed by atoms with E-state index in [1.807, 2.05) is 24.3 Å². The highest BCUT2D eigenvalue weighted by molar-refractivity contribution is 7.77. The predicted octanol–water partition coefficient (Wildman–Crippen LogP) is 3.07. The lowest BCUT2D eigenvalue weighted by atomic mass is 9.85. The van der Waals surface area contributed by atoms with Crippen molar-refractivity contribution in [3.05, 3.63) is 52.4 Å². The van der Waals surface area contributed by atoms with Crippen molar-refractivity contribution < 1.29 is 19.1 Å². The lowest BCUT2D eigenvalue weighted by molar-refractivity contribution is -0.132. The normalized spacial score (nSPS) is 22.5. The van der Waals surface area contributed by atoms with Gasteiger partial charge in [-0.1, -0.05) is 37.1 Å². The van der Waals surface area contributed by atoms with Gasteiger partial charge in [0.15, 0.2) is 0 Å². The van der Waals surface area contributed by atoms with E-state index in [-0.39, 0.29) is 24.1 Å². The van der Waals surface area contributed by atoms with Gasteiger partial charge in [0.25, 0.3) is 11.8 Å². The molecule has 1 fully saturated rings. The molecule has 27 heavy (non-hydrogen) atoms. The van der Waals surface area contributed by atoms with Crippen LogP contribution in [0.5, 0.6) is 0 Å². The third kappa shape index (κ3) is 2.65. The number of ether oxygens (including phenoxy) is 1. The average Bonchev–Trinajstić information content (AvgIpc) is 3.30. The first-order valence-corrected chi connectivity index (χ1v) is 9.71. The number of hydrogen-bond donors (Lipinski definition) is 3. The fourth-order valence-corrected chi connectivity index (χ4v) is 4.96. The first kappa shape index (κ1) is 18.0. The third-order valence-electron chi connectivity index (χ3n) is 4.94. The molecule has 1 aliphatic carbocycles. The summed E-state index contributed by atoms with van der Waals surface area (Å²) in [6.45, 7) is 1.81. The quantitative estimate of drug-likeness (QED) is 0.683. The van der Waals surface area contributed by atoms with Crippen LogP contribution in [0.25, 0.3) is 0 Å². The van der Waals surface area contributed by atoms with Crippen molar-refractivity contribution in [2.45, 2.75) is 24.9 Å². The van der Waals surface area contributed by atoms with Crippen LogP contribution in [0.4, 0.5) is 9.80 Å². The van der Waals surface area contributed by atoms with Gasteiger partial charge >= 0.3 is 6.09 Å². The first-order valence-electron chi connectivity index (χ1n) is 8.43. The second-order valence-electron chi connectivity index (χ2n) is 6.30. The summed E-state index contributed by atoms with van der Waals surface area (Å²) in [6, 6.07) is 9.47. The predicted molar refractivity (Wildman–Crippen MR) is 104 cm³/mol. The Balaban J connectivity index is 1.55. The van der Waals surface area contributed by atoms with Crippen LogP contribution in [-0.4, -0.2) is 28.8 Å². The summed E-state index contributed by atoms with van der Waals surface area (Å²) in [7, 11) is 0. The minimum Gasteiger partial charge on any atom is -0.450 e. The Labute approximate surface area is 165 Å². The van der Waals surface area contributed by atoms with Gasteiger partial charge in [-0.3, -0.25) is 14.9 Å². The molecule has 3 aliphatic rings. The number of benzene rings is 1. The molecule has 2 aliphatic heterocycles. The molecule has 7 nitrogen and oxygen atoms in total. The van der Waals surface area contributed by atoms with Gasteiger partial charge < -0.3 is 10.1 Å². The third-order valence-corrected chi connectivity index (χ3v) is 6.39. The summed E-state index contributed by atoms with van der Waals surface area (Å²) in [5.74, 6) is -0.866. The van der Waals surface area contributed by atoms with Gasteiger partial charge in [-0.25, -0.2) is 9.10 Å². The first-order chi connectivity index (χ1) is 13.0. The minimum absolute atomic E-state index is 0.116. The maximum Gasteiger partial charge on any atom is 0.414 e. The smallest absolute Gasteiger partial charge is 0.414 e. The number of imide groups is 1. The molecule has 2 N–H and O–H groups in total. The van der Waals surface area contributed by atoms with E-state index < -0.39 is 17.5 Å². The molecule has 0 spiro atoms. The topological polar surface area (TPSA) is 87.7 Å². The van der Waals surface area contributed by atoms with Gasteiger partial charge in [-0.15, -0.1) is 11.3 Å². The Morgan fingerprint density at radius 1 is 1.33 bits per heavy atom. The number of nitrogens with zero attached hydrogens (tertiary/aromatic N) is 1. The second kappa shape index (κ2) is 6.66. The van der Waals surface area contributed by atoms with Gasteiger partial charge in [0.2, 0.25) is 0 Å². The number of carbonyl (C=O) groups is 3. The highest BCUT2D eigenvalue weighted by atomic mass is 32.1. The zero-order chi connectivity index (χ0) is 19.2. The zero-order valence-electron chi connectivity index (χ0n) is 14.4. The number of thiophene rings is 1. The van der Waals surface area contributed by atoms with Gasteiger partial charge in [-0.2, -0.15) is 0 Å². The largest absolute Gasteiger partial charge is 0.450 e. The van der Waals surface area contributed by atoms with Crippen LogP contribution in [0.15, 0.2) is 35.7 Å². The number of alkyl carbamates (subject to hydrolysis) is 1. The van der Waals surface area contributed by atoms with Gasteiger partial charge in [-0.05, 0) is 29.5 Å². The van der Waals surface area contributed by atoms with E-state index in [0.29, 0.717) is 11.4 Å². The van der Waals surface area contributed by atoms with Crippen LogP contribution in [-0.2, 0) is 15.1 Å². The number of hydrogen-bond acceptors (Lipinski definition) is 7. The number of anilines is 1. The van der Waals surface area contributed by atoms with Crippen molar-refractivity contribution >= 4 is 47.1 Å². The summed E-state index contributed by atoms with van der Waals surface area (Å²) in [4.78, 5) is 36.9. The van der Waals surface area contributed by atoms with Crippen molar-refractivity contribution in [1.82, 2.24) is 9.62 Å². The Hall–Kier alpha value is -2.36. The molecule has 140 valence electrons. The van der Waals surface area contributed by atoms with Crippen molar-refractivity contribution in [1.29, 1.82) is 0 Å². The summed E-state index contributed by atoms with van der Waals surface area (Å²) in [6.07, 6.45) is -0.171. The highest BCUT2D eigenvalue weighted by Gasteiger charge is 2.64. The van der Waals surface area contributed by atoms with E-state index >= 15 is 0 Å². The van der Waals surface area contributed by atoms with E-state index in [2.05, 4.69) is 23.4 Å². The van der Waals surface area contributed by atoms with E-state index in [1.54, 1.807) is 22.7 Å². The maximum absolute atomic E-state index is 13.1. The van der Waals surface area contributed by atoms with Crippen LogP contribution < -0.4 is 10.6 Å². The lowest BCUT2D eigenvalue weighted by Crippen LogP contribution is -2.55. The fourth-order valence-electron chi connectivity index (χ4n) is 3.69. The van der Waals surface area contributed by atoms with Crippen LogP contribution in [0.1, 0.15) is 40.9 Å². The molecule has 1 aromatic carbocycles. The molecule has 2 atom stereocenters. The maximum atomic E-state index is 13.1. The number of thiol groups is 1. The summed E-state index contributed by atoms with van der Waals surface area (Å²) < 4.78 is 6.48. The van der Waals surface area contributed by atoms with E-state index in [0.717, 1.165) is 11.1 Å². The van der Waals surface area contributed by atoms with Crippen LogP contribution in [0.2, 0.25) is 0 Å². The Morgan fingerprint density at radius 3 is 2.85 bits per heavy atom. The molecule has 1 saturated heterocycles. The zero-order valence-corrected chi connectivity index (χ0v) is 16.1. The number of amides is 3. The molecule has 3 heterocycles. The SMILES string of the molecule is CCOC(=O)NC(=O)c1ccsc1NC(=O)C12C[C@@H](c3ccccc31)N2S. The number of nitrogens with one attached hydrogen (secondary N) is 2. The van der Waals surface area contributed by atoms with E-state index in [1.165, 1.54) is 11.3 Å². The van der Waals surface area contributed by atoms with Crippen LogP contribution in [0.3, 0.4) is 0 Å². The Kier molecular flexibility index (Phi) is 4.45. The van der Waals surface area contributed by atoms with Crippen molar-refractivity contribution in [2.75, 3.05) is 11.9 Å². The van der Waals surface area contributed by atoms with Gasteiger partial charge in [0.1, 0.15) is 10.5 Å². The molecular formula is C18H17N3O4S2. The molecule has 9 heteroatoms. The highest BCUT2D eigenvalue weighted by Crippen LogP contribution is 2.62. The van der Waals surface area contributed by atoms with Crippen molar-refractivity contribution in [2.24, 2.45) is 0 Å². The molecule has 5 rings (SSSR count). The molecule has 1 unspecified atom stereocenters. The molecule has 2 aromatic rings. The van der Waals surface area contributed by atoms with E-state index in [9.17, 15) is 14.4 Å². The minimum atomic E-state index is -0.844. The van der Waals surface area contributed by atoms with Crippen LogP contribution >= 0.6 is 24.2 Å². The Morgan fingerprint density at radius 2 is 2.11 bits per heavy atom. The van der Waals surface area contributed by atoms with Crippen LogP contribution in [0, 0.1) is 0 Å². The molecule has 0 saturated carbocycles. The lowest BCUT2D eigenvalue weighted by Gasteiger charge is -2.46. The van der Waals surface area contributed by atoms with Crippen molar-refractivity contribution in [3.8, 4) is 0 Å². The summed E-state index contributed by atoms with van der Waals surface area (Å²) in [5.41, 5.74) is 1.42. The molecule has 2 bridgehead atoms.